The van der Waals surface area contributed by atoms with Crippen LogP contribution in [0.4, 0.5) is 0 Å². The van der Waals surface area contributed by atoms with Gasteiger partial charge in [-0.25, -0.2) is 15.0 Å². The molecule has 0 amide bonds. The predicted octanol–water partition coefficient (Wildman–Crippen LogP) is 11.8. The fourth-order valence-electron chi connectivity index (χ4n) is 8.26. The third-order valence-electron chi connectivity index (χ3n) is 10.4. The third-order valence-corrected chi connectivity index (χ3v) is 10.4. The number of hydrogen-bond acceptors (Lipinski definition) is 3. The Hall–Kier alpha value is -6.19. The van der Waals surface area contributed by atoms with Crippen molar-refractivity contribution < 1.29 is 0 Å². The van der Waals surface area contributed by atoms with Crippen LogP contribution in [-0.4, -0.2) is 15.0 Å². The van der Waals surface area contributed by atoms with Gasteiger partial charge in [-0.2, -0.15) is 0 Å². The highest BCUT2D eigenvalue weighted by atomic mass is 15.0. The van der Waals surface area contributed by atoms with Gasteiger partial charge < -0.3 is 0 Å². The monoisotopic (exact) mass is 625 g/mol. The molecule has 0 saturated heterocycles. The maximum atomic E-state index is 5.07. The number of rotatable bonds is 3. The van der Waals surface area contributed by atoms with Crippen LogP contribution >= 0.6 is 0 Å². The molecule has 3 nitrogen and oxygen atoms in total. The molecule has 49 heavy (non-hydrogen) atoms. The van der Waals surface area contributed by atoms with Crippen molar-refractivity contribution in [3.63, 3.8) is 0 Å². The minimum atomic E-state index is -0.286. The van der Waals surface area contributed by atoms with Crippen molar-refractivity contribution in [2.45, 2.75) is 19.3 Å². The lowest BCUT2D eigenvalue weighted by molar-refractivity contribution is 0.667. The summed E-state index contributed by atoms with van der Waals surface area (Å²) in [6, 6.07) is 54.0. The Bertz CT molecular complexity index is 2730. The van der Waals surface area contributed by atoms with Gasteiger partial charge in [-0.3, -0.25) is 0 Å². The molecule has 1 aliphatic carbocycles. The van der Waals surface area contributed by atoms with Gasteiger partial charge in [0.2, 0.25) is 0 Å². The second-order valence-corrected chi connectivity index (χ2v) is 13.6. The van der Waals surface area contributed by atoms with Crippen LogP contribution in [0.3, 0.4) is 0 Å². The first-order valence-corrected chi connectivity index (χ1v) is 16.9. The Morgan fingerprint density at radius 1 is 0.388 bits per heavy atom. The van der Waals surface area contributed by atoms with E-state index in [1.165, 1.54) is 65.3 Å². The first-order chi connectivity index (χ1) is 24.1. The molecule has 0 N–H and O–H groups in total. The molecule has 0 aliphatic heterocycles. The molecule has 0 bridgehead atoms. The van der Waals surface area contributed by atoms with Crippen molar-refractivity contribution in [2.75, 3.05) is 0 Å². The molecule has 10 rings (SSSR count). The van der Waals surface area contributed by atoms with Gasteiger partial charge in [-0.15, -0.1) is 0 Å². The SMILES string of the molecule is CC1(C)c2cc(-c3nc(-c4ccccc4)nc(-c4ccccc4)n3)ccc2-c2c1c1c3ccccc3c3ccccc3c1c1ccccc21. The van der Waals surface area contributed by atoms with Gasteiger partial charge in [-0.1, -0.05) is 159 Å². The number of nitrogens with zero attached hydrogens (tertiary/aromatic N) is 3. The average molecular weight is 626 g/mol. The highest BCUT2D eigenvalue weighted by Gasteiger charge is 2.39. The minimum Gasteiger partial charge on any atom is -0.208 e. The van der Waals surface area contributed by atoms with Gasteiger partial charge in [0, 0.05) is 22.1 Å². The molecule has 3 heteroatoms. The lowest BCUT2D eigenvalue weighted by Crippen LogP contribution is -2.16. The molecule has 9 aromatic rings. The summed E-state index contributed by atoms with van der Waals surface area (Å²) in [5, 5.41) is 10.5. The van der Waals surface area contributed by atoms with Gasteiger partial charge >= 0.3 is 0 Å². The molecule has 1 aromatic heterocycles. The van der Waals surface area contributed by atoms with E-state index >= 15 is 0 Å². The summed E-state index contributed by atoms with van der Waals surface area (Å²) < 4.78 is 0. The Kier molecular flexibility index (Phi) is 5.92. The van der Waals surface area contributed by atoms with Crippen LogP contribution in [0.2, 0.25) is 0 Å². The van der Waals surface area contributed by atoms with Crippen molar-refractivity contribution in [2.24, 2.45) is 0 Å². The second kappa shape index (κ2) is 10.4. The van der Waals surface area contributed by atoms with Crippen molar-refractivity contribution in [1.82, 2.24) is 15.0 Å². The van der Waals surface area contributed by atoms with E-state index in [2.05, 4.69) is 129 Å². The lowest BCUT2D eigenvalue weighted by atomic mass is 9.77. The molecular formula is C46H31N3. The average Bonchev–Trinajstić information content (AvgIpc) is 3.41. The molecule has 1 heterocycles. The molecule has 0 spiro atoms. The zero-order valence-electron chi connectivity index (χ0n) is 27.3. The van der Waals surface area contributed by atoms with Crippen LogP contribution < -0.4 is 0 Å². The van der Waals surface area contributed by atoms with E-state index in [9.17, 15) is 0 Å². The number of hydrogen-bond donors (Lipinski definition) is 0. The second-order valence-electron chi connectivity index (χ2n) is 13.6. The predicted molar refractivity (Wildman–Crippen MR) is 204 cm³/mol. The molecule has 0 radical (unpaired) electrons. The zero-order chi connectivity index (χ0) is 32.7. The minimum absolute atomic E-state index is 0.286. The molecule has 230 valence electrons. The Balaban J connectivity index is 1.27. The van der Waals surface area contributed by atoms with E-state index in [-0.39, 0.29) is 5.41 Å². The van der Waals surface area contributed by atoms with E-state index in [4.69, 9.17) is 15.0 Å². The topological polar surface area (TPSA) is 38.7 Å². The smallest absolute Gasteiger partial charge is 0.164 e. The lowest BCUT2D eigenvalue weighted by Gasteiger charge is -2.26. The largest absolute Gasteiger partial charge is 0.208 e. The summed E-state index contributed by atoms with van der Waals surface area (Å²) in [6.07, 6.45) is 0. The molecule has 0 fully saturated rings. The summed E-state index contributed by atoms with van der Waals surface area (Å²) in [6.45, 7) is 4.77. The van der Waals surface area contributed by atoms with Gasteiger partial charge in [0.05, 0.1) is 0 Å². The van der Waals surface area contributed by atoms with Gasteiger partial charge in [0.25, 0.3) is 0 Å². The Labute approximate surface area is 284 Å². The number of fused-ring (bicyclic) bond motifs is 13. The summed E-state index contributed by atoms with van der Waals surface area (Å²) in [5.41, 5.74) is 7.93. The van der Waals surface area contributed by atoms with E-state index in [1.54, 1.807) is 0 Å². The maximum Gasteiger partial charge on any atom is 0.164 e. The molecule has 1 aliphatic rings. The van der Waals surface area contributed by atoms with Gasteiger partial charge in [0.15, 0.2) is 17.5 Å². The highest BCUT2D eigenvalue weighted by Crippen LogP contribution is 2.57. The molecule has 0 saturated carbocycles. The quantitative estimate of drug-likeness (QED) is 0.183. The van der Waals surface area contributed by atoms with E-state index in [1.807, 2.05) is 36.4 Å². The van der Waals surface area contributed by atoms with E-state index in [0.29, 0.717) is 17.5 Å². The molecule has 0 unspecified atom stereocenters. The third kappa shape index (κ3) is 4.06. The van der Waals surface area contributed by atoms with E-state index in [0.717, 1.165) is 16.7 Å². The van der Waals surface area contributed by atoms with Crippen molar-refractivity contribution in [3.8, 4) is 45.3 Å². The maximum absolute atomic E-state index is 5.07. The summed E-state index contributed by atoms with van der Waals surface area (Å²) in [7, 11) is 0. The van der Waals surface area contributed by atoms with Crippen molar-refractivity contribution in [3.05, 3.63) is 163 Å². The highest BCUT2D eigenvalue weighted by molar-refractivity contribution is 6.35. The molecular weight excluding hydrogens is 595 g/mol. The number of benzene rings is 8. The fourth-order valence-corrected chi connectivity index (χ4v) is 8.26. The first-order valence-electron chi connectivity index (χ1n) is 16.9. The van der Waals surface area contributed by atoms with Crippen LogP contribution in [0.1, 0.15) is 25.0 Å². The number of aromatic nitrogens is 3. The Morgan fingerprint density at radius 2 is 0.816 bits per heavy atom. The molecule has 0 atom stereocenters. The fraction of sp³-hybridized carbons (Fsp3) is 0.0652. The van der Waals surface area contributed by atoms with Crippen LogP contribution in [0, 0.1) is 0 Å². The van der Waals surface area contributed by atoms with Crippen LogP contribution in [0.15, 0.2) is 152 Å². The summed E-state index contributed by atoms with van der Waals surface area (Å²) in [4.78, 5) is 15.1. The standard InChI is InChI=1S/C46H31N3/c1-46(2)38-27-30(45-48-43(28-15-5-3-6-16-28)47-44(49-45)29-17-7-4-8-18-29)25-26-37(38)40-36-24-14-13-23-35(36)39-33-21-11-9-19-31(33)32-20-10-12-22-34(32)41(39)42(40)46/h3-27H,1-2H3. The van der Waals surface area contributed by atoms with E-state index < -0.39 is 0 Å². The molecule has 8 aromatic carbocycles. The van der Waals surface area contributed by atoms with Gasteiger partial charge in [0.1, 0.15) is 0 Å². The first kappa shape index (κ1) is 27.9. The summed E-state index contributed by atoms with van der Waals surface area (Å²) >= 11 is 0. The zero-order valence-corrected chi connectivity index (χ0v) is 27.3. The normalized spacial score (nSPS) is 13.3. The van der Waals surface area contributed by atoms with Crippen LogP contribution in [0.5, 0.6) is 0 Å². The van der Waals surface area contributed by atoms with Crippen molar-refractivity contribution >= 4 is 43.1 Å². The Morgan fingerprint density at radius 3 is 1.37 bits per heavy atom. The summed E-state index contributed by atoms with van der Waals surface area (Å²) in [5.74, 6) is 2.01. The van der Waals surface area contributed by atoms with Crippen LogP contribution in [0.25, 0.3) is 88.4 Å². The van der Waals surface area contributed by atoms with Gasteiger partial charge in [-0.05, 0) is 71.4 Å². The van der Waals surface area contributed by atoms with Crippen LogP contribution in [-0.2, 0) is 5.41 Å². The van der Waals surface area contributed by atoms with Crippen molar-refractivity contribution in [1.29, 1.82) is 0 Å².